The number of carbonyl (C=O) groups is 3. The number of likely N-dealkylation sites (tertiary alicyclic amines) is 1. The van der Waals surface area contributed by atoms with Crippen LogP contribution in [-0.4, -0.2) is 35.2 Å². The molecule has 0 aromatic heterocycles. The molecule has 7 nitrogen and oxygen atoms in total. The van der Waals surface area contributed by atoms with Crippen molar-refractivity contribution in [2.45, 2.75) is 25.8 Å². The van der Waals surface area contributed by atoms with Crippen LogP contribution in [0.3, 0.4) is 0 Å². The average Bonchev–Trinajstić information content (AvgIpc) is 3.26. The number of hydrogen-bond donors (Lipinski definition) is 3. The van der Waals surface area contributed by atoms with Crippen LogP contribution in [0.25, 0.3) is 11.1 Å². The minimum Gasteiger partial charge on any atom is -0.397 e. The molecule has 0 saturated carbocycles. The first-order chi connectivity index (χ1) is 16.3. The molecule has 0 spiro atoms. The number of nitrogens with zero attached hydrogens (tertiary/aromatic N) is 1. The number of anilines is 3. The number of nitrogen functional groups attached to an aromatic ring is 1. The van der Waals surface area contributed by atoms with E-state index in [2.05, 4.69) is 10.6 Å². The Balaban J connectivity index is 1.42. The van der Waals surface area contributed by atoms with Crippen LogP contribution in [0.2, 0.25) is 0 Å². The maximum atomic E-state index is 13.2. The SMILES string of the molecule is C[C@@H](C(=O)Nc1ccc(C(=O)Nc2cc(-c3ccc(F)cc3)ccc2N)cc1)N1CCCC1=O. The largest absolute Gasteiger partial charge is 0.397 e. The van der Waals surface area contributed by atoms with Crippen LogP contribution in [0.15, 0.2) is 66.7 Å². The van der Waals surface area contributed by atoms with Crippen molar-refractivity contribution in [3.05, 3.63) is 78.1 Å². The molecule has 34 heavy (non-hydrogen) atoms. The average molecular weight is 461 g/mol. The summed E-state index contributed by atoms with van der Waals surface area (Å²) in [5.74, 6) is -0.988. The monoisotopic (exact) mass is 460 g/mol. The van der Waals surface area contributed by atoms with Crippen molar-refractivity contribution >= 4 is 34.8 Å². The lowest BCUT2D eigenvalue weighted by Gasteiger charge is -2.23. The highest BCUT2D eigenvalue weighted by atomic mass is 19.1. The Hall–Kier alpha value is -4.20. The zero-order chi connectivity index (χ0) is 24.2. The van der Waals surface area contributed by atoms with Gasteiger partial charge in [0, 0.05) is 24.2 Å². The minimum atomic E-state index is -0.561. The lowest BCUT2D eigenvalue weighted by atomic mass is 10.0. The molecule has 0 radical (unpaired) electrons. The maximum absolute atomic E-state index is 13.2. The fraction of sp³-hybridized carbons (Fsp3) is 0.192. The Bertz CT molecular complexity index is 1230. The van der Waals surface area contributed by atoms with Gasteiger partial charge >= 0.3 is 0 Å². The first-order valence-electron chi connectivity index (χ1n) is 11.0. The van der Waals surface area contributed by atoms with Crippen LogP contribution in [-0.2, 0) is 9.59 Å². The summed E-state index contributed by atoms with van der Waals surface area (Å²) in [5, 5.41) is 5.58. The lowest BCUT2D eigenvalue weighted by molar-refractivity contribution is -0.134. The van der Waals surface area contributed by atoms with Crippen LogP contribution in [0.4, 0.5) is 21.5 Å². The molecule has 1 aliphatic heterocycles. The van der Waals surface area contributed by atoms with Gasteiger partial charge in [-0.05, 0) is 73.0 Å². The number of nitrogens with one attached hydrogen (secondary N) is 2. The van der Waals surface area contributed by atoms with E-state index in [4.69, 9.17) is 5.73 Å². The highest BCUT2D eigenvalue weighted by molar-refractivity contribution is 6.06. The standard InChI is InChI=1S/C26H25FN4O3/c1-16(31-14-2-3-24(31)32)25(33)29-21-11-6-18(7-12-21)26(34)30-23-15-19(8-13-22(23)28)17-4-9-20(27)10-5-17/h4-13,15-16H,2-3,14,28H2,1H3,(H,29,33)(H,30,34)/t16-/m0/s1. The van der Waals surface area contributed by atoms with Gasteiger partial charge in [-0.15, -0.1) is 0 Å². The molecular formula is C26H25FN4O3. The van der Waals surface area contributed by atoms with Crippen LogP contribution in [0, 0.1) is 5.82 Å². The molecule has 4 N–H and O–H groups in total. The van der Waals surface area contributed by atoms with Gasteiger partial charge in [-0.1, -0.05) is 18.2 Å². The number of amides is 3. The topological polar surface area (TPSA) is 105 Å². The summed E-state index contributed by atoms with van der Waals surface area (Å²) >= 11 is 0. The van der Waals surface area contributed by atoms with Gasteiger partial charge in [-0.25, -0.2) is 4.39 Å². The van der Waals surface area contributed by atoms with Crippen molar-refractivity contribution in [3.63, 3.8) is 0 Å². The summed E-state index contributed by atoms with van der Waals surface area (Å²) in [6, 6.07) is 17.1. The molecule has 174 valence electrons. The normalized spacial score (nSPS) is 14.1. The van der Waals surface area contributed by atoms with E-state index in [-0.39, 0.29) is 23.5 Å². The maximum Gasteiger partial charge on any atom is 0.255 e. The Labute approximate surface area is 196 Å². The van der Waals surface area contributed by atoms with Crippen molar-refractivity contribution in [3.8, 4) is 11.1 Å². The van der Waals surface area contributed by atoms with E-state index >= 15 is 0 Å². The number of halogens is 1. The Morgan fingerprint density at radius 3 is 2.29 bits per heavy atom. The summed E-state index contributed by atoms with van der Waals surface area (Å²) in [6.45, 7) is 2.28. The van der Waals surface area contributed by atoms with E-state index < -0.39 is 6.04 Å². The molecule has 8 heteroatoms. The number of benzene rings is 3. The Morgan fingerprint density at radius 2 is 1.65 bits per heavy atom. The van der Waals surface area contributed by atoms with Gasteiger partial charge in [0.15, 0.2) is 0 Å². The van der Waals surface area contributed by atoms with Crippen molar-refractivity contribution in [2.75, 3.05) is 22.9 Å². The minimum absolute atomic E-state index is 0.0163. The summed E-state index contributed by atoms with van der Waals surface area (Å²) in [5.41, 5.74) is 9.36. The predicted octanol–water partition coefficient (Wildman–Crippen LogP) is 4.28. The van der Waals surface area contributed by atoms with Gasteiger partial charge in [-0.3, -0.25) is 14.4 Å². The fourth-order valence-corrected chi connectivity index (χ4v) is 3.85. The Morgan fingerprint density at radius 1 is 0.971 bits per heavy atom. The van der Waals surface area contributed by atoms with Crippen molar-refractivity contribution in [1.29, 1.82) is 0 Å². The van der Waals surface area contributed by atoms with Crippen LogP contribution >= 0.6 is 0 Å². The van der Waals surface area contributed by atoms with Gasteiger partial charge in [0.1, 0.15) is 11.9 Å². The number of nitrogens with two attached hydrogens (primary N) is 1. The number of rotatable bonds is 6. The fourth-order valence-electron chi connectivity index (χ4n) is 3.85. The second-order valence-electron chi connectivity index (χ2n) is 8.20. The molecule has 4 rings (SSSR count). The van der Waals surface area contributed by atoms with Crippen LogP contribution < -0.4 is 16.4 Å². The molecule has 1 saturated heterocycles. The molecule has 1 fully saturated rings. The Kier molecular flexibility index (Phi) is 6.58. The zero-order valence-corrected chi connectivity index (χ0v) is 18.7. The first-order valence-corrected chi connectivity index (χ1v) is 11.0. The van der Waals surface area contributed by atoms with E-state index in [9.17, 15) is 18.8 Å². The van der Waals surface area contributed by atoms with Gasteiger partial charge < -0.3 is 21.3 Å². The molecule has 0 aliphatic carbocycles. The van der Waals surface area contributed by atoms with E-state index in [1.807, 2.05) is 0 Å². The van der Waals surface area contributed by atoms with Crippen LogP contribution in [0.5, 0.6) is 0 Å². The predicted molar refractivity (Wildman–Crippen MR) is 130 cm³/mol. The quantitative estimate of drug-likeness (QED) is 0.478. The van der Waals surface area contributed by atoms with Gasteiger partial charge in [0.25, 0.3) is 5.91 Å². The summed E-state index contributed by atoms with van der Waals surface area (Å²) in [7, 11) is 0. The molecule has 0 unspecified atom stereocenters. The molecule has 3 aromatic rings. The molecule has 0 bridgehead atoms. The van der Waals surface area contributed by atoms with Gasteiger partial charge in [-0.2, -0.15) is 0 Å². The van der Waals surface area contributed by atoms with Crippen molar-refractivity contribution in [1.82, 2.24) is 4.90 Å². The van der Waals surface area contributed by atoms with Crippen molar-refractivity contribution in [2.24, 2.45) is 0 Å². The highest BCUT2D eigenvalue weighted by Crippen LogP contribution is 2.28. The van der Waals surface area contributed by atoms with Gasteiger partial charge in [0.2, 0.25) is 11.8 Å². The second kappa shape index (κ2) is 9.74. The summed E-state index contributed by atoms with van der Waals surface area (Å²) in [4.78, 5) is 38.7. The molecule has 1 heterocycles. The van der Waals surface area contributed by atoms with E-state index in [1.165, 1.54) is 12.1 Å². The van der Waals surface area contributed by atoms with E-state index in [0.717, 1.165) is 17.5 Å². The third-order valence-corrected chi connectivity index (χ3v) is 5.85. The summed E-state index contributed by atoms with van der Waals surface area (Å²) < 4.78 is 13.2. The lowest BCUT2D eigenvalue weighted by Crippen LogP contribution is -2.42. The number of carbonyl (C=O) groups excluding carboxylic acids is 3. The molecule has 3 aromatic carbocycles. The third-order valence-electron chi connectivity index (χ3n) is 5.85. The van der Waals surface area contributed by atoms with Gasteiger partial charge in [0.05, 0.1) is 11.4 Å². The summed E-state index contributed by atoms with van der Waals surface area (Å²) in [6.07, 6.45) is 1.23. The zero-order valence-electron chi connectivity index (χ0n) is 18.7. The molecule has 3 amide bonds. The second-order valence-corrected chi connectivity index (χ2v) is 8.20. The smallest absolute Gasteiger partial charge is 0.255 e. The molecule has 1 atom stereocenters. The molecule has 1 aliphatic rings. The van der Waals surface area contributed by atoms with Crippen molar-refractivity contribution < 1.29 is 18.8 Å². The number of hydrogen-bond acceptors (Lipinski definition) is 4. The molecular weight excluding hydrogens is 435 g/mol. The van der Waals surface area contributed by atoms with E-state index in [1.54, 1.807) is 66.4 Å². The van der Waals surface area contributed by atoms with Crippen LogP contribution in [0.1, 0.15) is 30.1 Å². The first kappa shape index (κ1) is 23.0. The van der Waals surface area contributed by atoms with E-state index in [0.29, 0.717) is 35.6 Å². The third kappa shape index (κ3) is 5.06. The highest BCUT2D eigenvalue weighted by Gasteiger charge is 2.29.